The number of benzene rings is 1. The molecule has 0 atom stereocenters. The molecular formula is C11H8BrN3O3. The Labute approximate surface area is 110 Å². The van der Waals surface area contributed by atoms with Crippen LogP contribution in [0.15, 0.2) is 34.9 Å². The van der Waals surface area contributed by atoms with Crippen LogP contribution in [-0.4, -0.2) is 26.8 Å². The molecule has 0 radical (unpaired) electrons. The zero-order valence-corrected chi connectivity index (χ0v) is 10.6. The van der Waals surface area contributed by atoms with Crippen LogP contribution < -0.4 is 5.73 Å². The molecule has 0 fully saturated rings. The molecule has 0 bridgehead atoms. The van der Waals surface area contributed by atoms with Crippen molar-refractivity contribution < 1.29 is 14.7 Å². The first-order valence-electron chi connectivity index (χ1n) is 4.87. The molecule has 2 aromatic rings. The summed E-state index contributed by atoms with van der Waals surface area (Å²) in [6.45, 7) is 0. The number of rotatable bonds is 3. The monoisotopic (exact) mass is 309 g/mol. The maximum atomic E-state index is 11.4. The molecule has 0 spiro atoms. The summed E-state index contributed by atoms with van der Waals surface area (Å²) in [7, 11) is 0. The number of carboxylic acids is 1. The minimum atomic E-state index is -1.25. The van der Waals surface area contributed by atoms with Gasteiger partial charge in [-0.3, -0.25) is 4.79 Å². The fourth-order valence-corrected chi connectivity index (χ4v) is 1.93. The summed E-state index contributed by atoms with van der Waals surface area (Å²) in [5, 5.41) is 12.8. The molecule has 0 saturated heterocycles. The van der Waals surface area contributed by atoms with Crippen LogP contribution in [0.3, 0.4) is 0 Å². The number of nitrogens with zero attached hydrogens (tertiary/aromatic N) is 2. The molecular weight excluding hydrogens is 302 g/mol. The molecule has 6 nitrogen and oxygen atoms in total. The zero-order valence-electron chi connectivity index (χ0n) is 9.00. The van der Waals surface area contributed by atoms with E-state index in [0.717, 1.165) is 10.7 Å². The smallest absolute Gasteiger partial charge is 0.339 e. The summed E-state index contributed by atoms with van der Waals surface area (Å²) in [5.41, 5.74) is 5.37. The second-order valence-corrected chi connectivity index (χ2v) is 4.38. The van der Waals surface area contributed by atoms with E-state index in [1.807, 2.05) is 0 Å². The third-order valence-electron chi connectivity index (χ3n) is 2.29. The van der Waals surface area contributed by atoms with E-state index in [0.29, 0.717) is 5.69 Å². The lowest BCUT2D eigenvalue weighted by atomic mass is 10.2. The van der Waals surface area contributed by atoms with Gasteiger partial charge in [0.1, 0.15) is 11.3 Å². The van der Waals surface area contributed by atoms with E-state index in [2.05, 4.69) is 21.0 Å². The number of halogens is 1. The van der Waals surface area contributed by atoms with E-state index < -0.39 is 11.9 Å². The summed E-state index contributed by atoms with van der Waals surface area (Å²) < 4.78 is 1.99. The van der Waals surface area contributed by atoms with E-state index in [1.165, 1.54) is 4.68 Å². The summed E-state index contributed by atoms with van der Waals surface area (Å²) in [5.74, 6) is -2.09. The van der Waals surface area contributed by atoms with Gasteiger partial charge in [-0.25, -0.2) is 9.48 Å². The lowest BCUT2D eigenvalue weighted by molar-refractivity contribution is 0.0692. The maximum Gasteiger partial charge on any atom is 0.339 e. The Hall–Kier alpha value is -2.15. The van der Waals surface area contributed by atoms with Crippen molar-refractivity contribution >= 4 is 27.8 Å². The topological polar surface area (TPSA) is 98.2 Å². The Balaban J connectivity index is 2.65. The van der Waals surface area contributed by atoms with Crippen molar-refractivity contribution in [2.24, 2.45) is 5.73 Å². The van der Waals surface area contributed by atoms with Crippen molar-refractivity contribution in [1.29, 1.82) is 0 Å². The number of aromatic nitrogens is 2. The summed E-state index contributed by atoms with van der Waals surface area (Å²) in [6.07, 6.45) is 1.10. The Morgan fingerprint density at radius 3 is 2.67 bits per heavy atom. The number of hydrogen-bond donors (Lipinski definition) is 2. The van der Waals surface area contributed by atoms with E-state index in [4.69, 9.17) is 10.8 Å². The molecule has 0 unspecified atom stereocenters. The van der Waals surface area contributed by atoms with Gasteiger partial charge in [-0.15, -0.1) is 0 Å². The molecule has 0 aliphatic rings. The van der Waals surface area contributed by atoms with E-state index in [1.54, 1.807) is 24.3 Å². The fourth-order valence-electron chi connectivity index (χ4n) is 1.55. The number of carbonyl (C=O) groups excluding carboxylic acids is 1. The molecule has 0 aliphatic heterocycles. The fraction of sp³-hybridized carbons (Fsp3) is 0. The van der Waals surface area contributed by atoms with Gasteiger partial charge in [-0.2, -0.15) is 5.10 Å². The first-order valence-corrected chi connectivity index (χ1v) is 5.67. The van der Waals surface area contributed by atoms with E-state index in [9.17, 15) is 9.59 Å². The Bertz CT molecular complexity index is 636. The summed E-state index contributed by atoms with van der Waals surface area (Å²) >= 11 is 3.28. The molecule has 3 N–H and O–H groups in total. The maximum absolute atomic E-state index is 11.4. The molecule has 18 heavy (non-hydrogen) atoms. The van der Waals surface area contributed by atoms with Crippen LogP contribution in [0.4, 0.5) is 0 Å². The number of hydrogen-bond acceptors (Lipinski definition) is 3. The number of nitrogens with two attached hydrogens (primary N) is 1. The van der Waals surface area contributed by atoms with Gasteiger partial charge >= 0.3 is 5.97 Å². The van der Waals surface area contributed by atoms with Crippen LogP contribution in [0.1, 0.15) is 20.8 Å². The van der Waals surface area contributed by atoms with Crippen molar-refractivity contribution in [3.8, 4) is 5.69 Å². The van der Waals surface area contributed by atoms with Crippen molar-refractivity contribution in [3.63, 3.8) is 0 Å². The number of primary amides is 1. The molecule has 2 rings (SSSR count). The molecule has 1 aromatic carbocycles. The average molecular weight is 310 g/mol. The lowest BCUT2D eigenvalue weighted by Crippen LogP contribution is -2.20. The second kappa shape index (κ2) is 4.61. The van der Waals surface area contributed by atoms with Crippen molar-refractivity contribution in [1.82, 2.24) is 9.78 Å². The lowest BCUT2D eigenvalue weighted by Gasteiger charge is -2.05. The summed E-state index contributed by atoms with van der Waals surface area (Å²) in [6, 6.07) is 6.93. The van der Waals surface area contributed by atoms with Crippen molar-refractivity contribution in [2.45, 2.75) is 0 Å². The number of carbonyl (C=O) groups is 2. The largest absolute Gasteiger partial charge is 0.478 e. The van der Waals surface area contributed by atoms with Gasteiger partial charge in [0.2, 0.25) is 0 Å². The molecule has 0 aliphatic carbocycles. The number of carboxylic acid groups (broad SMARTS) is 1. The highest BCUT2D eigenvalue weighted by molar-refractivity contribution is 9.10. The molecule has 1 amide bonds. The predicted molar refractivity (Wildman–Crippen MR) is 66.7 cm³/mol. The number of aromatic carboxylic acids is 1. The van der Waals surface area contributed by atoms with Gasteiger partial charge in [0.15, 0.2) is 0 Å². The highest BCUT2D eigenvalue weighted by Gasteiger charge is 2.21. The molecule has 7 heteroatoms. The van der Waals surface area contributed by atoms with Crippen LogP contribution >= 0.6 is 15.9 Å². The van der Waals surface area contributed by atoms with Gasteiger partial charge < -0.3 is 10.8 Å². The minimum absolute atomic E-state index is 0.152. The standard InChI is InChI=1S/C11H8BrN3O3/c12-6-2-1-3-7(4-6)15-9(10(13)16)8(5-14-15)11(17)18/h1-5H,(H2,13,16)(H,17,18). The second-order valence-electron chi connectivity index (χ2n) is 3.47. The van der Waals surface area contributed by atoms with Crippen LogP contribution in [0.2, 0.25) is 0 Å². The molecule has 0 saturated carbocycles. The third kappa shape index (κ3) is 2.12. The Morgan fingerprint density at radius 1 is 1.39 bits per heavy atom. The zero-order chi connectivity index (χ0) is 13.3. The normalized spacial score (nSPS) is 10.3. The highest BCUT2D eigenvalue weighted by Crippen LogP contribution is 2.18. The predicted octanol–water partition coefficient (Wildman–Crippen LogP) is 1.43. The summed E-state index contributed by atoms with van der Waals surface area (Å²) in [4.78, 5) is 22.3. The van der Waals surface area contributed by atoms with Crippen LogP contribution in [-0.2, 0) is 0 Å². The third-order valence-corrected chi connectivity index (χ3v) is 2.78. The van der Waals surface area contributed by atoms with Gasteiger partial charge in [0.25, 0.3) is 5.91 Å². The van der Waals surface area contributed by atoms with Gasteiger partial charge in [-0.05, 0) is 18.2 Å². The first-order chi connectivity index (χ1) is 8.50. The minimum Gasteiger partial charge on any atom is -0.478 e. The Kier molecular flexibility index (Phi) is 3.15. The number of amides is 1. The van der Waals surface area contributed by atoms with Crippen molar-refractivity contribution in [3.05, 3.63) is 46.2 Å². The molecule has 92 valence electrons. The Morgan fingerprint density at radius 2 is 2.11 bits per heavy atom. The molecule has 1 heterocycles. The van der Waals surface area contributed by atoms with E-state index >= 15 is 0 Å². The van der Waals surface area contributed by atoms with Crippen molar-refractivity contribution in [2.75, 3.05) is 0 Å². The van der Waals surface area contributed by atoms with Crippen LogP contribution in [0.25, 0.3) is 5.69 Å². The van der Waals surface area contributed by atoms with E-state index in [-0.39, 0.29) is 11.3 Å². The van der Waals surface area contributed by atoms with Crippen LogP contribution in [0.5, 0.6) is 0 Å². The van der Waals surface area contributed by atoms with Gasteiger partial charge in [0.05, 0.1) is 11.9 Å². The highest BCUT2D eigenvalue weighted by atomic mass is 79.9. The molecule has 1 aromatic heterocycles. The van der Waals surface area contributed by atoms with Crippen LogP contribution in [0, 0.1) is 0 Å². The van der Waals surface area contributed by atoms with Gasteiger partial charge in [0, 0.05) is 4.47 Å². The first kappa shape index (κ1) is 12.3. The SMILES string of the molecule is NC(=O)c1c(C(=O)O)cnn1-c1cccc(Br)c1. The quantitative estimate of drug-likeness (QED) is 0.896. The average Bonchev–Trinajstić information content (AvgIpc) is 2.73. The van der Waals surface area contributed by atoms with Gasteiger partial charge in [-0.1, -0.05) is 22.0 Å².